The summed E-state index contributed by atoms with van der Waals surface area (Å²) >= 11 is 0. The van der Waals surface area contributed by atoms with Crippen molar-refractivity contribution in [3.8, 4) is 0 Å². The first-order chi connectivity index (χ1) is 14.0. The number of piperidine rings is 1. The van der Waals surface area contributed by atoms with Gasteiger partial charge in [0.2, 0.25) is 0 Å². The third kappa shape index (κ3) is 4.86. The molecule has 2 fully saturated rings. The van der Waals surface area contributed by atoms with E-state index >= 15 is 0 Å². The molecule has 2 aliphatic heterocycles. The SMILES string of the molecule is CC=CCC1(OC)C(=O)N(CC(F)(F)F)C(=CC)C1=CCC(=O)[N+]1(C)CCCCC1. The highest BCUT2D eigenvalue weighted by molar-refractivity contribution is 5.97. The molecule has 2 amide bonds. The molecule has 168 valence electrons. The number of methoxy groups -OCH3 is 1. The number of quaternary nitrogens is 1. The number of hydrogen-bond acceptors (Lipinski definition) is 3. The highest BCUT2D eigenvalue weighted by Crippen LogP contribution is 2.43. The number of allylic oxidation sites excluding steroid dienone is 2. The maximum atomic E-state index is 13.2. The molecule has 30 heavy (non-hydrogen) atoms. The van der Waals surface area contributed by atoms with E-state index in [1.807, 2.05) is 7.05 Å². The molecule has 8 heteroatoms. The van der Waals surface area contributed by atoms with E-state index in [0.717, 1.165) is 37.3 Å². The molecule has 0 saturated carbocycles. The summed E-state index contributed by atoms with van der Waals surface area (Å²) in [7, 11) is 3.22. The third-order valence-electron chi connectivity index (χ3n) is 6.08. The molecule has 0 aromatic heterocycles. The molecule has 0 aromatic rings. The van der Waals surface area contributed by atoms with Gasteiger partial charge < -0.3 is 9.64 Å². The third-order valence-corrected chi connectivity index (χ3v) is 6.08. The van der Waals surface area contributed by atoms with Gasteiger partial charge in [-0.1, -0.05) is 24.3 Å². The largest absolute Gasteiger partial charge is 0.406 e. The number of ether oxygens (including phenoxy) is 1. The Kier molecular flexibility index (Phi) is 7.69. The van der Waals surface area contributed by atoms with Crippen LogP contribution in [0.25, 0.3) is 0 Å². The van der Waals surface area contributed by atoms with E-state index < -0.39 is 24.2 Å². The summed E-state index contributed by atoms with van der Waals surface area (Å²) in [6, 6.07) is 0. The molecule has 0 radical (unpaired) electrons. The molecule has 0 aromatic carbocycles. The molecule has 0 spiro atoms. The molecule has 2 heterocycles. The molecule has 1 unspecified atom stereocenters. The first-order valence-electron chi connectivity index (χ1n) is 10.3. The van der Waals surface area contributed by atoms with Crippen LogP contribution in [0.4, 0.5) is 13.2 Å². The van der Waals surface area contributed by atoms with E-state index in [1.165, 1.54) is 13.2 Å². The van der Waals surface area contributed by atoms with Crippen molar-refractivity contribution >= 4 is 11.8 Å². The van der Waals surface area contributed by atoms with Gasteiger partial charge in [0.15, 0.2) is 5.60 Å². The zero-order chi connectivity index (χ0) is 22.6. The summed E-state index contributed by atoms with van der Waals surface area (Å²) < 4.78 is 45.4. The lowest BCUT2D eigenvalue weighted by Crippen LogP contribution is -2.52. The van der Waals surface area contributed by atoms with E-state index in [2.05, 4.69) is 0 Å². The molecular weight excluding hydrogens is 397 g/mol. The number of halogens is 3. The number of hydrogen-bond donors (Lipinski definition) is 0. The predicted molar refractivity (Wildman–Crippen MR) is 108 cm³/mol. The predicted octanol–water partition coefficient (Wildman–Crippen LogP) is 4.12. The second-order valence-electron chi connectivity index (χ2n) is 8.10. The molecule has 2 rings (SSSR count). The van der Waals surface area contributed by atoms with Gasteiger partial charge in [-0.3, -0.25) is 9.28 Å². The van der Waals surface area contributed by atoms with Crippen LogP contribution < -0.4 is 0 Å². The Morgan fingerprint density at radius 1 is 1.23 bits per heavy atom. The lowest BCUT2D eigenvalue weighted by molar-refractivity contribution is -0.839. The Balaban J connectivity index is 2.46. The maximum absolute atomic E-state index is 13.2. The van der Waals surface area contributed by atoms with Gasteiger partial charge in [-0.05, 0) is 33.1 Å². The quantitative estimate of drug-likeness (QED) is 0.471. The Bertz CT molecular complexity index is 749. The minimum absolute atomic E-state index is 0.00425. The molecule has 0 aliphatic carbocycles. The Morgan fingerprint density at radius 2 is 1.87 bits per heavy atom. The molecule has 2 saturated heterocycles. The minimum atomic E-state index is -4.55. The highest BCUT2D eigenvalue weighted by Gasteiger charge is 2.55. The summed E-state index contributed by atoms with van der Waals surface area (Å²) in [5, 5.41) is 0. The van der Waals surface area contributed by atoms with Crippen LogP contribution in [0.5, 0.6) is 0 Å². The smallest absolute Gasteiger partial charge is 0.363 e. The fourth-order valence-electron chi connectivity index (χ4n) is 4.34. The lowest BCUT2D eigenvalue weighted by atomic mass is 9.89. The summed E-state index contributed by atoms with van der Waals surface area (Å²) in [6.45, 7) is 3.46. The van der Waals surface area contributed by atoms with Crippen molar-refractivity contribution in [2.24, 2.45) is 0 Å². The van der Waals surface area contributed by atoms with Crippen molar-refractivity contribution in [1.29, 1.82) is 0 Å². The van der Waals surface area contributed by atoms with Gasteiger partial charge in [0, 0.05) is 24.8 Å². The van der Waals surface area contributed by atoms with E-state index in [-0.39, 0.29) is 24.4 Å². The second kappa shape index (κ2) is 9.47. The molecule has 2 aliphatic rings. The van der Waals surface area contributed by atoms with Crippen LogP contribution in [-0.2, 0) is 14.3 Å². The topological polar surface area (TPSA) is 46.6 Å². The molecular formula is C22H32F3N2O3+. The van der Waals surface area contributed by atoms with Crippen LogP contribution in [0.15, 0.2) is 35.6 Å². The van der Waals surface area contributed by atoms with Gasteiger partial charge in [0.25, 0.3) is 5.91 Å². The summed E-state index contributed by atoms with van der Waals surface area (Å²) in [5.74, 6) is -0.763. The first-order valence-corrected chi connectivity index (χ1v) is 10.3. The van der Waals surface area contributed by atoms with Crippen LogP contribution in [0, 0.1) is 0 Å². The molecule has 5 nitrogen and oxygen atoms in total. The Morgan fingerprint density at radius 3 is 2.37 bits per heavy atom. The van der Waals surface area contributed by atoms with Gasteiger partial charge in [-0.25, -0.2) is 4.79 Å². The lowest BCUT2D eigenvalue weighted by Gasteiger charge is -2.35. The van der Waals surface area contributed by atoms with Gasteiger partial charge in [0.1, 0.15) is 6.54 Å². The average Bonchev–Trinajstić information content (AvgIpc) is 2.91. The normalized spacial score (nSPS) is 27.6. The van der Waals surface area contributed by atoms with Gasteiger partial charge in [-0.15, -0.1) is 0 Å². The molecule has 0 N–H and O–H groups in total. The van der Waals surface area contributed by atoms with E-state index in [9.17, 15) is 22.8 Å². The van der Waals surface area contributed by atoms with Crippen molar-refractivity contribution in [2.75, 3.05) is 33.8 Å². The van der Waals surface area contributed by atoms with Crippen LogP contribution in [0.2, 0.25) is 0 Å². The monoisotopic (exact) mass is 429 g/mol. The van der Waals surface area contributed by atoms with E-state index in [0.29, 0.717) is 10.1 Å². The van der Waals surface area contributed by atoms with Crippen molar-refractivity contribution < 1.29 is 32.0 Å². The van der Waals surface area contributed by atoms with Crippen LogP contribution in [0.3, 0.4) is 0 Å². The number of carbonyl (C=O) groups is 2. The number of alkyl halides is 3. The average molecular weight is 430 g/mol. The number of rotatable bonds is 6. The van der Waals surface area contributed by atoms with E-state index in [4.69, 9.17) is 4.74 Å². The second-order valence-corrected chi connectivity index (χ2v) is 8.10. The fourth-order valence-corrected chi connectivity index (χ4v) is 4.34. The zero-order valence-electron chi connectivity index (χ0n) is 18.2. The van der Waals surface area contributed by atoms with E-state index in [1.54, 1.807) is 32.1 Å². The number of likely N-dealkylation sites (tertiary alicyclic amines) is 2. The maximum Gasteiger partial charge on any atom is 0.406 e. The number of carbonyl (C=O) groups excluding carboxylic acids is 2. The van der Waals surface area contributed by atoms with Crippen LogP contribution in [-0.4, -0.2) is 66.8 Å². The highest BCUT2D eigenvalue weighted by atomic mass is 19.4. The number of nitrogens with zero attached hydrogens (tertiary/aromatic N) is 2. The van der Waals surface area contributed by atoms with Crippen LogP contribution in [0.1, 0.15) is 46.0 Å². The zero-order valence-corrected chi connectivity index (χ0v) is 18.2. The van der Waals surface area contributed by atoms with Gasteiger partial charge in [0.05, 0.1) is 26.6 Å². The standard InChI is InChI=1S/C22H32F3N2O3/c1-5-7-13-21(30-4)17(11-12-19(28)27(3)14-9-8-10-15-27)18(6-2)26(20(21)29)16-22(23,24)25/h5-7,11H,8-10,12-16H2,1-4H3/q+1. The summed E-state index contributed by atoms with van der Waals surface area (Å²) in [6.07, 6.45) is 5.11. The minimum Gasteiger partial charge on any atom is -0.363 e. The Labute approximate surface area is 176 Å². The summed E-state index contributed by atoms with van der Waals surface area (Å²) in [5.41, 5.74) is -1.09. The van der Waals surface area contributed by atoms with Crippen molar-refractivity contribution in [3.63, 3.8) is 0 Å². The number of amides is 2. The first kappa shape index (κ1) is 24.3. The summed E-state index contributed by atoms with van der Waals surface area (Å²) in [4.78, 5) is 26.8. The molecule has 0 bridgehead atoms. The molecule has 1 atom stereocenters. The van der Waals surface area contributed by atoms with Crippen LogP contribution >= 0.6 is 0 Å². The van der Waals surface area contributed by atoms with Crippen molar-refractivity contribution in [3.05, 3.63) is 35.6 Å². The van der Waals surface area contributed by atoms with Gasteiger partial charge >= 0.3 is 12.1 Å². The fraction of sp³-hybridized carbons (Fsp3) is 0.636. The van der Waals surface area contributed by atoms with Gasteiger partial charge in [-0.2, -0.15) is 13.2 Å². The Hall–Kier alpha value is -1.93. The van der Waals surface area contributed by atoms with Crippen molar-refractivity contribution in [2.45, 2.75) is 57.7 Å². The van der Waals surface area contributed by atoms with Crippen molar-refractivity contribution in [1.82, 2.24) is 4.90 Å².